The van der Waals surface area contributed by atoms with Crippen LogP contribution in [0, 0.1) is 12.8 Å². The third-order valence-corrected chi connectivity index (χ3v) is 4.05. The molecule has 0 amide bonds. The van der Waals surface area contributed by atoms with E-state index in [-0.39, 0.29) is 5.56 Å². The van der Waals surface area contributed by atoms with Gasteiger partial charge in [-0.05, 0) is 44.6 Å². The number of carbonyl (C=O) groups is 1. The van der Waals surface area contributed by atoms with Gasteiger partial charge < -0.3 is 10.4 Å². The number of pyridine rings is 1. The first-order chi connectivity index (χ1) is 9.10. The van der Waals surface area contributed by atoms with E-state index >= 15 is 0 Å². The number of aryl methyl sites for hydroxylation is 1. The first-order valence-electron chi connectivity index (χ1n) is 7.06. The minimum Gasteiger partial charge on any atom is -0.478 e. The zero-order valence-corrected chi connectivity index (χ0v) is 11.6. The Labute approximate surface area is 114 Å². The molecule has 0 radical (unpaired) electrons. The molecule has 0 unspecified atom stereocenters. The number of aromatic carboxylic acids is 1. The second-order valence-corrected chi connectivity index (χ2v) is 5.45. The van der Waals surface area contributed by atoms with E-state index in [1.165, 1.54) is 25.5 Å². The molecule has 0 bridgehead atoms. The highest BCUT2D eigenvalue weighted by Gasteiger charge is 2.21. The SMILES string of the molecule is CCC1CCC(Nc2cc(C)ncc2C(=O)O)CC1. The van der Waals surface area contributed by atoms with E-state index < -0.39 is 5.97 Å². The van der Waals surface area contributed by atoms with E-state index in [1.807, 2.05) is 13.0 Å². The normalized spacial score (nSPS) is 23.1. The molecule has 1 aliphatic carbocycles. The molecule has 1 heterocycles. The van der Waals surface area contributed by atoms with Gasteiger partial charge in [-0.3, -0.25) is 4.98 Å². The monoisotopic (exact) mass is 262 g/mol. The Balaban J connectivity index is 2.06. The first kappa shape index (κ1) is 13.8. The molecule has 0 aliphatic heterocycles. The zero-order valence-electron chi connectivity index (χ0n) is 11.6. The summed E-state index contributed by atoms with van der Waals surface area (Å²) in [6.07, 6.45) is 7.41. The zero-order chi connectivity index (χ0) is 13.8. The van der Waals surface area contributed by atoms with Crippen molar-refractivity contribution in [3.05, 3.63) is 23.5 Å². The molecule has 104 valence electrons. The lowest BCUT2D eigenvalue weighted by Crippen LogP contribution is -2.26. The predicted octanol–water partition coefficient (Wildman–Crippen LogP) is 3.47. The van der Waals surface area contributed by atoms with Crippen LogP contribution in [0.1, 0.15) is 55.1 Å². The van der Waals surface area contributed by atoms with Gasteiger partial charge in [-0.25, -0.2) is 4.79 Å². The molecule has 0 aromatic carbocycles. The Kier molecular flexibility index (Phi) is 4.40. The average molecular weight is 262 g/mol. The number of rotatable bonds is 4. The molecule has 1 aromatic heterocycles. The summed E-state index contributed by atoms with van der Waals surface area (Å²) >= 11 is 0. The molecule has 1 fully saturated rings. The van der Waals surface area contributed by atoms with Gasteiger partial charge in [0.15, 0.2) is 0 Å². The largest absolute Gasteiger partial charge is 0.478 e. The molecular formula is C15H22N2O2. The fourth-order valence-corrected chi connectivity index (χ4v) is 2.78. The van der Waals surface area contributed by atoms with Gasteiger partial charge in [0.2, 0.25) is 0 Å². The van der Waals surface area contributed by atoms with Crippen LogP contribution >= 0.6 is 0 Å². The number of carboxylic acids is 1. The molecule has 2 N–H and O–H groups in total. The molecule has 1 aromatic rings. The van der Waals surface area contributed by atoms with E-state index in [2.05, 4.69) is 17.2 Å². The van der Waals surface area contributed by atoms with Gasteiger partial charge >= 0.3 is 5.97 Å². The van der Waals surface area contributed by atoms with Crippen LogP contribution in [0.5, 0.6) is 0 Å². The molecule has 2 rings (SSSR count). The lowest BCUT2D eigenvalue weighted by molar-refractivity contribution is 0.0697. The van der Waals surface area contributed by atoms with Crippen molar-refractivity contribution in [2.45, 2.75) is 52.0 Å². The van der Waals surface area contributed by atoms with Crippen LogP contribution in [-0.4, -0.2) is 22.1 Å². The van der Waals surface area contributed by atoms with E-state index in [1.54, 1.807) is 0 Å². The summed E-state index contributed by atoms with van der Waals surface area (Å²) in [5.74, 6) is -0.0755. The minimum absolute atomic E-state index is 0.267. The van der Waals surface area contributed by atoms with E-state index in [0.29, 0.717) is 11.7 Å². The topological polar surface area (TPSA) is 62.2 Å². The third-order valence-electron chi connectivity index (χ3n) is 4.05. The Hall–Kier alpha value is -1.58. The number of hydrogen-bond donors (Lipinski definition) is 2. The number of carboxylic acid groups (broad SMARTS) is 1. The second-order valence-electron chi connectivity index (χ2n) is 5.45. The number of nitrogens with zero attached hydrogens (tertiary/aromatic N) is 1. The Bertz CT molecular complexity index is 451. The lowest BCUT2D eigenvalue weighted by Gasteiger charge is -2.29. The van der Waals surface area contributed by atoms with Gasteiger partial charge in [-0.15, -0.1) is 0 Å². The molecule has 4 heteroatoms. The van der Waals surface area contributed by atoms with Crippen LogP contribution in [-0.2, 0) is 0 Å². The second kappa shape index (κ2) is 6.04. The Morgan fingerprint density at radius 3 is 2.68 bits per heavy atom. The number of nitrogens with one attached hydrogen (secondary N) is 1. The van der Waals surface area contributed by atoms with Gasteiger partial charge in [-0.2, -0.15) is 0 Å². The molecule has 1 saturated carbocycles. The summed E-state index contributed by atoms with van der Waals surface area (Å²) in [5, 5.41) is 12.6. The maximum atomic E-state index is 11.2. The summed E-state index contributed by atoms with van der Waals surface area (Å²) in [4.78, 5) is 15.3. The quantitative estimate of drug-likeness (QED) is 0.872. The summed E-state index contributed by atoms with van der Waals surface area (Å²) in [7, 11) is 0. The molecule has 0 spiro atoms. The van der Waals surface area contributed by atoms with Gasteiger partial charge in [0.25, 0.3) is 0 Å². The highest BCUT2D eigenvalue weighted by atomic mass is 16.4. The van der Waals surface area contributed by atoms with Gasteiger partial charge in [-0.1, -0.05) is 13.3 Å². The van der Waals surface area contributed by atoms with Crippen molar-refractivity contribution in [1.82, 2.24) is 4.98 Å². The molecule has 4 nitrogen and oxygen atoms in total. The standard InChI is InChI=1S/C15H22N2O2/c1-3-11-4-6-12(7-5-11)17-14-8-10(2)16-9-13(14)15(18)19/h8-9,11-12H,3-7H2,1-2H3,(H,16,17)(H,18,19). The fourth-order valence-electron chi connectivity index (χ4n) is 2.78. The summed E-state index contributed by atoms with van der Waals surface area (Å²) < 4.78 is 0. The van der Waals surface area contributed by atoms with Crippen LogP contribution in [0.2, 0.25) is 0 Å². The van der Waals surface area contributed by atoms with E-state index in [9.17, 15) is 9.90 Å². The van der Waals surface area contributed by atoms with Crippen molar-refractivity contribution in [3.8, 4) is 0 Å². The van der Waals surface area contributed by atoms with Gasteiger partial charge in [0.05, 0.1) is 5.69 Å². The van der Waals surface area contributed by atoms with Crippen molar-refractivity contribution < 1.29 is 9.90 Å². The van der Waals surface area contributed by atoms with Crippen molar-refractivity contribution in [2.24, 2.45) is 5.92 Å². The Morgan fingerprint density at radius 1 is 1.42 bits per heavy atom. The highest BCUT2D eigenvalue weighted by molar-refractivity contribution is 5.93. The van der Waals surface area contributed by atoms with Crippen molar-refractivity contribution in [1.29, 1.82) is 0 Å². The summed E-state index contributed by atoms with van der Waals surface area (Å²) in [6, 6.07) is 2.22. The molecule has 0 atom stereocenters. The number of aromatic nitrogens is 1. The van der Waals surface area contributed by atoms with Crippen LogP contribution in [0.3, 0.4) is 0 Å². The maximum absolute atomic E-state index is 11.2. The van der Waals surface area contributed by atoms with Crippen LogP contribution < -0.4 is 5.32 Å². The Morgan fingerprint density at radius 2 is 2.11 bits per heavy atom. The van der Waals surface area contributed by atoms with E-state index in [0.717, 1.165) is 24.5 Å². The van der Waals surface area contributed by atoms with Crippen molar-refractivity contribution in [3.63, 3.8) is 0 Å². The third kappa shape index (κ3) is 3.46. The molecule has 0 saturated heterocycles. The summed E-state index contributed by atoms with van der Waals surface area (Å²) in [5.41, 5.74) is 1.82. The average Bonchev–Trinajstić information content (AvgIpc) is 2.39. The first-order valence-corrected chi connectivity index (χ1v) is 7.06. The summed E-state index contributed by atoms with van der Waals surface area (Å²) in [6.45, 7) is 4.12. The van der Waals surface area contributed by atoms with Gasteiger partial charge in [0.1, 0.15) is 5.56 Å². The molecule has 19 heavy (non-hydrogen) atoms. The number of hydrogen-bond acceptors (Lipinski definition) is 3. The van der Waals surface area contributed by atoms with Crippen molar-refractivity contribution >= 4 is 11.7 Å². The van der Waals surface area contributed by atoms with Gasteiger partial charge in [0, 0.05) is 17.9 Å². The van der Waals surface area contributed by atoms with Crippen LogP contribution in [0.15, 0.2) is 12.3 Å². The highest BCUT2D eigenvalue weighted by Crippen LogP contribution is 2.29. The number of anilines is 1. The molecular weight excluding hydrogens is 240 g/mol. The maximum Gasteiger partial charge on any atom is 0.339 e. The fraction of sp³-hybridized carbons (Fsp3) is 0.600. The minimum atomic E-state index is -0.919. The molecule has 1 aliphatic rings. The predicted molar refractivity (Wildman–Crippen MR) is 75.6 cm³/mol. The van der Waals surface area contributed by atoms with Crippen molar-refractivity contribution in [2.75, 3.05) is 5.32 Å². The smallest absolute Gasteiger partial charge is 0.339 e. The van der Waals surface area contributed by atoms with E-state index in [4.69, 9.17) is 0 Å². The lowest BCUT2D eigenvalue weighted by atomic mass is 9.84. The van der Waals surface area contributed by atoms with Crippen LogP contribution in [0.4, 0.5) is 5.69 Å². The van der Waals surface area contributed by atoms with Crippen LogP contribution in [0.25, 0.3) is 0 Å².